The Bertz CT molecular complexity index is 170. The number of ether oxygens (including phenoxy) is 1. The second-order valence-corrected chi connectivity index (χ2v) is 2.80. The van der Waals surface area contributed by atoms with Crippen LogP contribution in [0.1, 0.15) is 11.7 Å². The van der Waals surface area contributed by atoms with Gasteiger partial charge < -0.3 is 10.5 Å². The van der Waals surface area contributed by atoms with E-state index in [9.17, 15) is 0 Å². The molecule has 1 aromatic rings. The summed E-state index contributed by atoms with van der Waals surface area (Å²) in [6.45, 7) is 0.549. The molecule has 1 unspecified atom stereocenters. The van der Waals surface area contributed by atoms with Crippen LogP contribution in [0.25, 0.3) is 0 Å². The first kappa shape index (κ1) is 7.72. The summed E-state index contributed by atoms with van der Waals surface area (Å²) in [5.41, 5.74) is 6.63. The van der Waals surface area contributed by atoms with E-state index in [4.69, 9.17) is 10.5 Å². The van der Waals surface area contributed by atoms with Crippen LogP contribution >= 0.6 is 11.3 Å². The molecule has 0 spiro atoms. The largest absolute Gasteiger partial charge is 0.375 e. The van der Waals surface area contributed by atoms with Crippen molar-refractivity contribution in [2.24, 2.45) is 5.73 Å². The van der Waals surface area contributed by atoms with Crippen molar-refractivity contribution in [2.75, 3.05) is 13.7 Å². The molecule has 0 aliphatic heterocycles. The molecule has 0 saturated carbocycles. The van der Waals surface area contributed by atoms with Crippen molar-refractivity contribution in [1.82, 2.24) is 0 Å². The van der Waals surface area contributed by atoms with Gasteiger partial charge in [-0.1, -0.05) is 0 Å². The lowest BCUT2D eigenvalue weighted by molar-refractivity contribution is 0.111. The third-order valence-electron chi connectivity index (χ3n) is 1.41. The molecule has 3 heteroatoms. The maximum absolute atomic E-state index is 5.45. The Kier molecular flexibility index (Phi) is 2.86. The van der Waals surface area contributed by atoms with Crippen molar-refractivity contribution in [3.63, 3.8) is 0 Å². The quantitative estimate of drug-likeness (QED) is 0.719. The lowest BCUT2D eigenvalue weighted by atomic mass is 10.2. The zero-order valence-electron chi connectivity index (χ0n) is 5.91. The molecule has 0 aliphatic carbocycles. The third kappa shape index (κ3) is 1.56. The predicted octanol–water partition coefficient (Wildman–Crippen LogP) is 1.39. The van der Waals surface area contributed by atoms with Crippen LogP contribution in [-0.2, 0) is 4.74 Å². The smallest absolute Gasteiger partial charge is 0.0951 e. The number of nitrogens with two attached hydrogens (primary N) is 1. The zero-order chi connectivity index (χ0) is 7.40. The van der Waals surface area contributed by atoms with Crippen LogP contribution in [0.4, 0.5) is 0 Å². The van der Waals surface area contributed by atoms with Crippen LogP contribution in [0.3, 0.4) is 0 Å². The maximum Gasteiger partial charge on any atom is 0.0951 e. The Labute approximate surface area is 64.6 Å². The molecule has 2 nitrogen and oxygen atoms in total. The molecule has 0 bridgehead atoms. The predicted molar refractivity (Wildman–Crippen MR) is 43.1 cm³/mol. The minimum Gasteiger partial charge on any atom is -0.375 e. The van der Waals surface area contributed by atoms with Gasteiger partial charge in [0, 0.05) is 13.7 Å². The Hall–Kier alpha value is -0.380. The molecule has 0 radical (unpaired) electrons. The zero-order valence-corrected chi connectivity index (χ0v) is 6.73. The molecule has 10 heavy (non-hydrogen) atoms. The van der Waals surface area contributed by atoms with Gasteiger partial charge in [0.25, 0.3) is 0 Å². The molecule has 0 saturated heterocycles. The Morgan fingerprint density at radius 1 is 1.80 bits per heavy atom. The highest BCUT2D eigenvalue weighted by molar-refractivity contribution is 7.07. The molecule has 2 N–H and O–H groups in total. The van der Waals surface area contributed by atoms with Gasteiger partial charge in [0.2, 0.25) is 0 Å². The van der Waals surface area contributed by atoms with Gasteiger partial charge in [-0.15, -0.1) is 0 Å². The van der Waals surface area contributed by atoms with Crippen molar-refractivity contribution >= 4 is 11.3 Å². The summed E-state index contributed by atoms with van der Waals surface area (Å²) < 4.78 is 5.13. The minimum absolute atomic E-state index is 0.0752. The summed E-state index contributed by atoms with van der Waals surface area (Å²) in [5.74, 6) is 0. The highest BCUT2D eigenvalue weighted by Crippen LogP contribution is 2.17. The van der Waals surface area contributed by atoms with E-state index in [0.29, 0.717) is 6.54 Å². The second-order valence-electron chi connectivity index (χ2n) is 2.02. The first-order chi connectivity index (χ1) is 4.88. The number of thiophene rings is 1. The highest BCUT2D eigenvalue weighted by Gasteiger charge is 2.06. The molecule has 1 atom stereocenters. The highest BCUT2D eigenvalue weighted by atomic mass is 32.1. The number of hydrogen-bond donors (Lipinski definition) is 1. The number of rotatable bonds is 3. The van der Waals surface area contributed by atoms with Crippen molar-refractivity contribution in [1.29, 1.82) is 0 Å². The monoisotopic (exact) mass is 157 g/mol. The molecule has 0 fully saturated rings. The standard InChI is InChI=1S/C7H11NOS/c1-9-7(4-8)6-2-3-10-5-6/h2-3,5,7H,4,8H2,1H3. The lowest BCUT2D eigenvalue weighted by Gasteiger charge is -2.09. The van der Waals surface area contributed by atoms with Crippen LogP contribution in [-0.4, -0.2) is 13.7 Å². The Morgan fingerprint density at radius 3 is 3.00 bits per heavy atom. The molecular weight excluding hydrogens is 146 g/mol. The van der Waals surface area contributed by atoms with Gasteiger partial charge in [-0.25, -0.2) is 0 Å². The van der Waals surface area contributed by atoms with Crippen molar-refractivity contribution in [3.8, 4) is 0 Å². The van der Waals surface area contributed by atoms with E-state index >= 15 is 0 Å². The van der Waals surface area contributed by atoms with Gasteiger partial charge in [-0.3, -0.25) is 0 Å². The SMILES string of the molecule is COC(CN)c1ccsc1. The Morgan fingerprint density at radius 2 is 2.60 bits per heavy atom. The molecule has 1 heterocycles. The first-order valence-corrected chi connectivity index (χ1v) is 4.07. The van der Waals surface area contributed by atoms with Gasteiger partial charge in [0.05, 0.1) is 6.10 Å². The van der Waals surface area contributed by atoms with E-state index in [0.717, 1.165) is 0 Å². The third-order valence-corrected chi connectivity index (χ3v) is 2.12. The summed E-state index contributed by atoms with van der Waals surface area (Å²) >= 11 is 1.66. The molecule has 0 amide bonds. The van der Waals surface area contributed by atoms with Crippen LogP contribution in [0.2, 0.25) is 0 Å². The van der Waals surface area contributed by atoms with E-state index in [1.54, 1.807) is 18.4 Å². The lowest BCUT2D eigenvalue weighted by Crippen LogP contribution is -2.13. The van der Waals surface area contributed by atoms with E-state index < -0.39 is 0 Å². The first-order valence-electron chi connectivity index (χ1n) is 3.13. The summed E-state index contributed by atoms with van der Waals surface area (Å²) in [6, 6.07) is 2.03. The maximum atomic E-state index is 5.45. The molecular formula is C7H11NOS. The second kappa shape index (κ2) is 3.71. The van der Waals surface area contributed by atoms with Crippen LogP contribution < -0.4 is 5.73 Å². The summed E-state index contributed by atoms with van der Waals surface area (Å²) in [4.78, 5) is 0. The molecule has 0 aliphatic rings. The Balaban J connectivity index is 2.64. The fourth-order valence-electron chi connectivity index (χ4n) is 0.827. The normalized spacial score (nSPS) is 13.4. The van der Waals surface area contributed by atoms with Crippen molar-refractivity contribution < 1.29 is 4.74 Å². The van der Waals surface area contributed by atoms with E-state index in [-0.39, 0.29) is 6.10 Å². The summed E-state index contributed by atoms with van der Waals surface area (Å²) in [5, 5.41) is 4.08. The van der Waals surface area contributed by atoms with Gasteiger partial charge in [0.15, 0.2) is 0 Å². The molecule has 0 aromatic carbocycles. The fourth-order valence-corrected chi connectivity index (χ4v) is 1.53. The van der Waals surface area contributed by atoms with E-state index in [1.807, 2.05) is 11.4 Å². The topological polar surface area (TPSA) is 35.2 Å². The van der Waals surface area contributed by atoms with Crippen molar-refractivity contribution in [2.45, 2.75) is 6.10 Å². The average molecular weight is 157 g/mol. The van der Waals surface area contributed by atoms with Gasteiger partial charge >= 0.3 is 0 Å². The van der Waals surface area contributed by atoms with Gasteiger partial charge in [-0.2, -0.15) is 11.3 Å². The van der Waals surface area contributed by atoms with Gasteiger partial charge in [-0.05, 0) is 22.4 Å². The fraction of sp³-hybridized carbons (Fsp3) is 0.429. The van der Waals surface area contributed by atoms with Crippen LogP contribution in [0.5, 0.6) is 0 Å². The van der Waals surface area contributed by atoms with Gasteiger partial charge in [0.1, 0.15) is 0 Å². The molecule has 1 rings (SSSR count). The average Bonchev–Trinajstić information content (AvgIpc) is 2.43. The summed E-state index contributed by atoms with van der Waals surface area (Å²) in [6.07, 6.45) is 0.0752. The number of hydrogen-bond acceptors (Lipinski definition) is 3. The van der Waals surface area contributed by atoms with Crippen LogP contribution in [0.15, 0.2) is 16.8 Å². The minimum atomic E-state index is 0.0752. The summed E-state index contributed by atoms with van der Waals surface area (Å²) in [7, 11) is 1.68. The van der Waals surface area contributed by atoms with E-state index in [1.165, 1.54) is 5.56 Å². The van der Waals surface area contributed by atoms with Crippen LogP contribution in [0, 0.1) is 0 Å². The van der Waals surface area contributed by atoms with Crippen molar-refractivity contribution in [3.05, 3.63) is 22.4 Å². The van der Waals surface area contributed by atoms with E-state index in [2.05, 4.69) is 5.38 Å². The number of methoxy groups -OCH3 is 1. The molecule has 1 aromatic heterocycles. The molecule has 56 valence electrons.